The molecule has 4 nitrogen and oxygen atoms in total. The third kappa shape index (κ3) is 4.26. The van der Waals surface area contributed by atoms with E-state index < -0.39 is 21.3 Å². The molecule has 0 fully saturated rings. The van der Waals surface area contributed by atoms with E-state index in [1.807, 2.05) is 0 Å². The van der Waals surface area contributed by atoms with Crippen molar-refractivity contribution in [2.45, 2.75) is 24.3 Å². The van der Waals surface area contributed by atoms with Crippen LogP contribution in [0.15, 0.2) is 53.4 Å². The number of carbonyl (C=O) groups is 1. The topological polar surface area (TPSA) is 60.4 Å². The second-order valence-electron chi connectivity index (χ2n) is 6.43. The summed E-state index contributed by atoms with van der Waals surface area (Å²) in [6.45, 7) is 3.57. The molecule has 0 aliphatic heterocycles. The first-order valence-corrected chi connectivity index (χ1v) is 9.81. The van der Waals surface area contributed by atoms with Crippen molar-refractivity contribution in [1.82, 2.24) is 0 Å². The number of hydrogen-bond acceptors (Lipinski definition) is 4. The van der Waals surface area contributed by atoms with E-state index in [1.54, 1.807) is 32.0 Å². The third-order valence-electron chi connectivity index (χ3n) is 4.21. The Morgan fingerprint density at radius 2 is 1.69 bits per heavy atom. The SMILES string of the molecule is COC(C)(C)/C(=C(\C=O)c1cccc(F)c1)c1ccc(S(C)(=O)=O)cc1. The molecular formula is C20H21FO4S. The highest BCUT2D eigenvalue weighted by molar-refractivity contribution is 7.90. The Morgan fingerprint density at radius 3 is 2.15 bits per heavy atom. The van der Waals surface area contributed by atoms with Crippen molar-refractivity contribution in [2.75, 3.05) is 13.4 Å². The van der Waals surface area contributed by atoms with Gasteiger partial charge in [-0.25, -0.2) is 12.8 Å². The Balaban J connectivity index is 2.76. The zero-order valence-corrected chi connectivity index (χ0v) is 15.9. The van der Waals surface area contributed by atoms with E-state index in [0.717, 1.165) is 6.26 Å². The molecule has 0 atom stereocenters. The maximum atomic E-state index is 13.7. The predicted molar refractivity (Wildman–Crippen MR) is 99.9 cm³/mol. The number of ether oxygens (including phenoxy) is 1. The Morgan fingerprint density at radius 1 is 1.08 bits per heavy atom. The van der Waals surface area contributed by atoms with Gasteiger partial charge in [-0.3, -0.25) is 4.79 Å². The van der Waals surface area contributed by atoms with Crippen LogP contribution in [0.5, 0.6) is 0 Å². The number of benzene rings is 2. The molecule has 0 saturated heterocycles. The Labute approximate surface area is 153 Å². The lowest BCUT2D eigenvalue weighted by Crippen LogP contribution is -2.26. The Kier molecular flexibility index (Phi) is 5.78. The van der Waals surface area contributed by atoms with Crippen LogP contribution in [0.2, 0.25) is 0 Å². The molecule has 0 spiro atoms. The highest BCUT2D eigenvalue weighted by Gasteiger charge is 2.28. The molecule has 2 rings (SSSR count). The van der Waals surface area contributed by atoms with Crippen LogP contribution in [-0.4, -0.2) is 33.7 Å². The second-order valence-corrected chi connectivity index (χ2v) is 8.44. The summed E-state index contributed by atoms with van der Waals surface area (Å²) in [5.74, 6) is -0.455. The standard InChI is InChI=1S/C20H21FO4S/c1-20(2,25-3)19(14-8-10-17(11-9-14)26(4,23)24)18(13-22)15-6-5-7-16(21)12-15/h5-13H,1-4H3/b19-18+. The van der Waals surface area contributed by atoms with Crippen LogP contribution in [0.25, 0.3) is 11.1 Å². The highest BCUT2D eigenvalue weighted by atomic mass is 32.2. The van der Waals surface area contributed by atoms with Crippen LogP contribution >= 0.6 is 0 Å². The average molecular weight is 376 g/mol. The van der Waals surface area contributed by atoms with Crippen LogP contribution in [0.1, 0.15) is 25.0 Å². The van der Waals surface area contributed by atoms with E-state index in [9.17, 15) is 17.6 Å². The molecule has 0 saturated carbocycles. The molecule has 0 radical (unpaired) electrons. The lowest BCUT2D eigenvalue weighted by molar-refractivity contribution is -0.103. The normalized spacial score (nSPS) is 13.3. The number of allylic oxidation sites excluding steroid dienone is 1. The van der Waals surface area contributed by atoms with Crippen molar-refractivity contribution < 1.29 is 22.3 Å². The summed E-state index contributed by atoms with van der Waals surface area (Å²) < 4.78 is 42.6. The van der Waals surface area contributed by atoms with Crippen LogP contribution < -0.4 is 0 Å². The van der Waals surface area contributed by atoms with Crippen LogP contribution in [0.3, 0.4) is 0 Å². The van der Waals surface area contributed by atoms with Gasteiger partial charge in [0, 0.05) is 24.5 Å². The summed E-state index contributed by atoms with van der Waals surface area (Å²) in [6, 6.07) is 11.9. The molecule has 0 bridgehead atoms. The first-order chi connectivity index (χ1) is 12.1. The second kappa shape index (κ2) is 7.51. The molecule has 0 heterocycles. The number of methoxy groups -OCH3 is 1. The Hall–Kier alpha value is -2.31. The Bertz CT molecular complexity index is 942. The van der Waals surface area contributed by atoms with E-state index in [-0.39, 0.29) is 10.5 Å². The van der Waals surface area contributed by atoms with Crippen molar-refractivity contribution in [3.63, 3.8) is 0 Å². The molecule has 138 valence electrons. The van der Waals surface area contributed by atoms with Crippen LogP contribution in [0.4, 0.5) is 4.39 Å². The molecule has 0 N–H and O–H groups in total. The van der Waals surface area contributed by atoms with Crippen molar-refractivity contribution in [3.05, 3.63) is 65.5 Å². The summed E-state index contributed by atoms with van der Waals surface area (Å²) in [6.07, 6.45) is 1.79. The number of halogens is 1. The minimum absolute atomic E-state index is 0.175. The van der Waals surface area contributed by atoms with E-state index >= 15 is 0 Å². The number of sulfone groups is 1. The number of hydrogen-bond donors (Lipinski definition) is 0. The molecule has 0 amide bonds. The van der Waals surface area contributed by atoms with Gasteiger partial charge in [-0.15, -0.1) is 0 Å². The summed E-state index contributed by atoms with van der Waals surface area (Å²) in [5, 5.41) is 0. The lowest BCUT2D eigenvalue weighted by atomic mass is 9.85. The predicted octanol–water partition coefficient (Wildman–Crippen LogP) is 3.76. The zero-order chi connectivity index (χ0) is 19.5. The molecule has 0 aliphatic rings. The van der Waals surface area contributed by atoms with Crippen molar-refractivity contribution in [2.24, 2.45) is 0 Å². The van der Waals surface area contributed by atoms with Crippen molar-refractivity contribution in [3.8, 4) is 0 Å². The molecule has 0 unspecified atom stereocenters. The molecule has 26 heavy (non-hydrogen) atoms. The van der Waals surface area contributed by atoms with Crippen molar-refractivity contribution in [1.29, 1.82) is 0 Å². The fourth-order valence-electron chi connectivity index (χ4n) is 2.73. The van der Waals surface area contributed by atoms with Gasteiger partial charge in [-0.05, 0) is 49.2 Å². The largest absolute Gasteiger partial charge is 0.374 e. The van der Waals surface area contributed by atoms with Gasteiger partial charge in [0.25, 0.3) is 0 Å². The fraction of sp³-hybridized carbons (Fsp3) is 0.250. The number of aldehydes is 1. The molecular weight excluding hydrogens is 355 g/mol. The number of carbonyl (C=O) groups excluding carboxylic acids is 1. The van der Waals surface area contributed by atoms with E-state index in [0.29, 0.717) is 23.0 Å². The van der Waals surface area contributed by atoms with Gasteiger partial charge < -0.3 is 4.74 Å². The molecule has 6 heteroatoms. The maximum absolute atomic E-state index is 13.7. The van der Waals surface area contributed by atoms with Gasteiger partial charge in [0.2, 0.25) is 0 Å². The minimum Gasteiger partial charge on any atom is -0.374 e. The molecule has 0 aromatic heterocycles. The van der Waals surface area contributed by atoms with Gasteiger partial charge in [0.05, 0.1) is 10.5 Å². The molecule has 2 aromatic rings. The lowest BCUT2D eigenvalue weighted by Gasteiger charge is -2.29. The first kappa shape index (κ1) is 20.0. The van der Waals surface area contributed by atoms with Crippen molar-refractivity contribution >= 4 is 27.3 Å². The number of rotatable bonds is 6. The highest BCUT2D eigenvalue weighted by Crippen LogP contribution is 2.36. The fourth-order valence-corrected chi connectivity index (χ4v) is 3.36. The van der Waals surface area contributed by atoms with Gasteiger partial charge in [0.1, 0.15) is 5.82 Å². The third-order valence-corrected chi connectivity index (χ3v) is 5.33. The smallest absolute Gasteiger partial charge is 0.175 e. The van der Waals surface area contributed by atoms with Gasteiger partial charge in [-0.2, -0.15) is 0 Å². The zero-order valence-electron chi connectivity index (χ0n) is 15.1. The minimum atomic E-state index is -3.34. The van der Waals surface area contributed by atoms with E-state index in [1.165, 1.54) is 37.4 Å². The monoisotopic (exact) mass is 376 g/mol. The average Bonchev–Trinajstić information content (AvgIpc) is 2.58. The summed E-state index contributed by atoms with van der Waals surface area (Å²) in [7, 11) is -1.82. The van der Waals surface area contributed by atoms with E-state index in [2.05, 4.69) is 0 Å². The molecule has 2 aromatic carbocycles. The first-order valence-electron chi connectivity index (χ1n) is 7.91. The molecule has 0 aliphatic carbocycles. The van der Waals surface area contributed by atoms with Gasteiger partial charge >= 0.3 is 0 Å². The van der Waals surface area contributed by atoms with Gasteiger partial charge in [-0.1, -0.05) is 24.3 Å². The van der Waals surface area contributed by atoms with Crippen LogP contribution in [-0.2, 0) is 19.4 Å². The maximum Gasteiger partial charge on any atom is 0.175 e. The van der Waals surface area contributed by atoms with E-state index in [4.69, 9.17) is 4.74 Å². The van der Waals surface area contributed by atoms with Crippen LogP contribution in [0, 0.1) is 5.82 Å². The summed E-state index contributed by atoms with van der Waals surface area (Å²) in [4.78, 5) is 12.1. The quantitative estimate of drug-likeness (QED) is 0.437. The summed E-state index contributed by atoms with van der Waals surface area (Å²) >= 11 is 0. The summed E-state index contributed by atoms with van der Waals surface area (Å²) in [5.41, 5.74) is 1.00. The van der Waals surface area contributed by atoms with Gasteiger partial charge in [0.15, 0.2) is 16.1 Å².